The van der Waals surface area contributed by atoms with Crippen LogP contribution < -0.4 is 20.9 Å². The number of carbonyl (C=O) groups is 1. The van der Waals surface area contributed by atoms with Crippen LogP contribution in [0.4, 0.5) is 15.8 Å². The number of halogens is 1. The number of hydrogen-bond donors (Lipinski definition) is 3. The highest BCUT2D eigenvalue weighted by atomic mass is 19.1. The van der Waals surface area contributed by atoms with Gasteiger partial charge < -0.3 is 20.9 Å². The SMILES string of the molecule is CCNC(=NCC(=O)Nc1cccc(F)c1)NC1CCN(c2ccccc2)C1. The Labute approximate surface area is 164 Å². The molecule has 148 valence electrons. The van der Waals surface area contributed by atoms with E-state index in [0.29, 0.717) is 18.2 Å². The molecule has 1 aliphatic rings. The highest BCUT2D eigenvalue weighted by Gasteiger charge is 2.23. The van der Waals surface area contributed by atoms with Crippen LogP contribution in [0.3, 0.4) is 0 Å². The van der Waals surface area contributed by atoms with E-state index in [0.717, 1.165) is 19.5 Å². The van der Waals surface area contributed by atoms with E-state index in [2.05, 4.69) is 38.0 Å². The number of carbonyl (C=O) groups excluding carboxylic acids is 1. The van der Waals surface area contributed by atoms with Crippen molar-refractivity contribution in [2.45, 2.75) is 19.4 Å². The number of nitrogens with one attached hydrogen (secondary N) is 3. The number of para-hydroxylation sites is 1. The largest absolute Gasteiger partial charge is 0.369 e. The summed E-state index contributed by atoms with van der Waals surface area (Å²) in [7, 11) is 0. The predicted octanol–water partition coefficient (Wildman–Crippen LogP) is 2.60. The third-order valence-corrected chi connectivity index (χ3v) is 4.48. The molecular formula is C21H26FN5O. The maximum Gasteiger partial charge on any atom is 0.246 e. The lowest BCUT2D eigenvalue weighted by Crippen LogP contribution is -2.45. The van der Waals surface area contributed by atoms with Crippen molar-refractivity contribution in [1.82, 2.24) is 10.6 Å². The maximum absolute atomic E-state index is 13.2. The van der Waals surface area contributed by atoms with Crippen molar-refractivity contribution < 1.29 is 9.18 Å². The third kappa shape index (κ3) is 5.70. The van der Waals surface area contributed by atoms with Crippen LogP contribution in [0.15, 0.2) is 59.6 Å². The Morgan fingerprint density at radius 2 is 2.04 bits per heavy atom. The van der Waals surface area contributed by atoms with Crippen LogP contribution in [0.2, 0.25) is 0 Å². The first kappa shape index (κ1) is 19.7. The molecule has 3 N–H and O–H groups in total. The topological polar surface area (TPSA) is 68.8 Å². The minimum Gasteiger partial charge on any atom is -0.369 e. The maximum atomic E-state index is 13.2. The quantitative estimate of drug-likeness (QED) is 0.530. The van der Waals surface area contributed by atoms with E-state index in [4.69, 9.17) is 0 Å². The molecule has 28 heavy (non-hydrogen) atoms. The van der Waals surface area contributed by atoms with Crippen molar-refractivity contribution in [3.63, 3.8) is 0 Å². The number of benzene rings is 2. The van der Waals surface area contributed by atoms with Crippen LogP contribution in [0.1, 0.15) is 13.3 Å². The van der Waals surface area contributed by atoms with Crippen LogP contribution in [0, 0.1) is 5.82 Å². The highest BCUT2D eigenvalue weighted by Crippen LogP contribution is 2.19. The van der Waals surface area contributed by atoms with Gasteiger partial charge in [-0.1, -0.05) is 24.3 Å². The summed E-state index contributed by atoms with van der Waals surface area (Å²) < 4.78 is 13.2. The first-order valence-corrected chi connectivity index (χ1v) is 9.54. The number of amides is 1. The summed E-state index contributed by atoms with van der Waals surface area (Å²) in [6.07, 6.45) is 0.995. The molecule has 0 spiro atoms. The Morgan fingerprint density at radius 1 is 1.21 bits per heavy atom. The molecule has 1 heterocycles. The number of aliphatic imine (C=N–C) groups is 1. The van der Waals surface area contributed by atoms with Crippen LogP contribution in [-0.2, 0) is 4.79 Å². The Kier molecular flexibility index (Phi) is 6.84. The summed E-state index contributed by atoms with van der Waals surface area (Å²) in [5, 5.41) is 9.23. The average molecular weight is 383 g/mol. The normalized spacial score (nSPS) is 16.7. The summed E-state index contributed by atoms with van der Waals surface area (Å²) >= 11 is 0. The van der Waals surface area contributed by atoms with E-state index in [1.54, 1.807) is 12.1 Å². The zero-order chi connectivity index (χ0) is 19.8. The van der Waals surface area contributed by atoms with Gasteiger partial charge in [-0.25, -0.2) is 9.38 Å². The van der Waals surface area contributed by atoms with Gasteiger partial charge in [0, 0.05) is 37.1 Å². The molecule has 0 bridgehead atoms. The van der Waals surface area contributed by atoms with E-state index in [-0.39, 0.29) is 24.3 Å². The monoisotopic (exact) mass is 383 g/mol. The van der Waals surface area contributed by atoms with Gasteiger partial charge in [0.05, 0.1) is 0 Å². The van der Waals surface area contributed by atoms with Gasteiger partial charge in [-0.3, -0.25) is 4.79 Å². The van der Waals surface area contributed by atoms with Gasteiger partial charge in [0.1, 0.15) is 12.4 Å². The average Bonchev–Trinajstić information content (AvgIpc) is 3.16. The Morgan fingerprint density at radius 3 is 2.79 bits per heavy atom. The lowest BCUT2D eigenvalue weighted by Gasteiger charge is -2.20. The van der Waals surface area contributed by atoms with Gasteiger partial charge in [0.2, 0.25) is 5.91 Å². The summed E-state index contributed by atoms with van der Waals surface area (Å²) in [5.41, 5.74) is 1.63. The van der Waals surface area contributed by atoms with Crippen molar-refractivity contribution >= 4 is 23.2 Å². The zero-order valence-corrected chi connectivity index (χ0v) is 16.0. The summed E-state index contributed by atoms with van der Waals surface area (Å²) in [6.45, 7) is 4.49. The molecule has 3 rings (SSSR count). The minimum atomic E-state index is -0.388. The van der Waals surface area contributed by atoms with Gasteiger partial charge in [-0.05, 0) is 43.7 Å². The van der Waals surface area contributed by atoms with Gasteiger partial charge in [0.15, 0.2) is 5.96 Å². The lowest BCUT2D eigenvalue weighted by atomic mass is 10.3. The molecular weight excluding hydrogens is 357 g/mol. The molecule has 0 saturated carbocycles. The van der Waals surface area contributed by atoms with Crippen LogP contribution in [0.25, 0.3) is 0 Å². The van der Waals surface area contributed by atoms with Crippen LogP contribution in [0.5, 0.6) is 0 Å². The van der Waals surface area contributed by atoms with Crippen LogP contribution in [-0.4, -0.2) is 44.1 Å². The lowest BCUT2D eigenvalue weighted by molar-refractivity contribution is -0.114. The zero-order valence-electron chi connectivity index (χ0n) is 16.0. The van der Waals surface area contributed by atoms with Crippen molar-refractivity contribution in [2.24, 2.45) is 4.99 Å². The molecule has 1 fully saturated rings. The van der Waals surface area contributed by atoms with E-state index < -0.39 is 0 Å². The number of nitrogens with zero attached hydrogens (tertiary/aromatic N) is 2. The van der Waals surface area contributed by atoms with E-state index in [9.17, 15) is 9.18 Å². The molecule has 0 aliphatic carbocycles. The standard InChI is InChI=1S/C21H26FN5O/c1-2-23-21(24-14-20(28)25-17-8-6-7-16(22)13-17)26-18-11-12-27(15-18)19-9-4-3-5-10-19/h3-10,13,18H,2,11-12,14-15H2,1H3,(H,25,28)(H2,23,24,26). The highest BCUT2D eigenvalue weighted by molar-refractivity contribution is 5.94. The van der Waals surface area contributed by atoms with E-state index >= 15 is 0 Å². The minimum absolute atomic E-state index is 0.0407. The summed E-state index contributed by atoms with van der Waals surface area (Å²) in [5.74, 6) is -0.0718. The number of anilines is 2. The fourth-order valence-electron chi connectivity index (χ4n) is 3.18. The predicted molar refractivity (Wildman–Crippen MR) is 111 cm³/mol. The Bertz CT molecular complexity index is 811. The molecule has 2 aromatic rings. The molecule has 1 saturated heterocycles. The van der Waals surface area contributed by atoms with Gasteiger partial charge in [0.25, 0.3) is 0 Å². The number of rotatable bonds is 6. The van der Waals surface area contributed by atoms with Crippen LogP contribution >= 0.6 is 0 Å². The second-order valence-corrected chi connectivity index (χ2v) is 6.67. The molecule has 1 atom stereocenters. The molecule has 1 amide bonds. The molecule has 0 aromatic heterocycles. The molecule has 0 radical (unpaired) electrons. The van der Waals surface area contributed by atoms with Gasteiger partial charge >= 0.3 is 0 Å². The second kappa shape index (κ2) is 9.73. The molecule has 1 unspecified atom stereocenters. The summed E-state index contributed by atoms with van der Waals surface area (Å²) in [6, 6.07) is 16.4. The van der Waals surface area contributed by atoms with Crippen molar-refractivity contribution in [2.75, 3.05) is 36.4 Å². The number of hydrogen-bond acceptors (Lipinski definition) is 3. The van der Waals surface area contributed by atoms with E-state index in [1.165, 1.54) is 17.8 Å². The smallest absolute Gasteiger partial charge is 0.246 e. The van der Waals surface area contributed by atoms with Crippen molar-refractivity contribution in [3.8, 4) is 0 Å². The summed E-state index contributed by atoms with van der Waals surface area (Å²) in [4.78, 5) is 18.8. The van der Waals surface area contributed by atoms with Crippen molar-refractivity contribution in [3.05, 3.63) is 60.4 Å². The third-order valence-electron chi connectivity index (χ3n) is 4.48. The fraction of sp³-hybridized carbons (Fsp3) is 0.333. The van der Waals surface area contributed by atoms with Gasteiger partial charge in [-0.2, -0.15) is 0 Å². The molecule has 1 aliphatic heterocycles. The van der Waals surface area contributed by atoms with Crippen molar-refractivity contribution in [1.29, 1.82) is 0 Å². The van der Waals surface area contributed by atoms with Gasteiger partial charge in [-0.15, -0.1) is 0 Å². The first-order chi connectivity index (χ1) is 13.6. The Hall–Kier alpha value is -3.09. The second-order valence-electron chi connectivity index (χ2n) is 6.67. The Balaban J connectivity index is 1.53. The molecule has 6 nitrogen and oxygen atoms in total. The van der Waals surface area contributed by atoms with E-state index in [1.807, 2.05) is 25.1 Å². The first-order valence-electron chi connectivity index (χ1n) is 9.54. The fourth-order valence-corrected chi connectivity index (χ4v) is 3.18. The molecule has 7 heteroatoms. The number of guanidine groups is 1. The molecule has 2 aromatic carbocycles.